The maximum atomic E-state index is 13.3. The van der Waals surface area contributed by atoms with Gasteiger partial charge in [-0.15, -0.1) is 0 Å². The number of carbonyl (C=O) groups excluding carboxylic acids is 1. The second kappa shape index (κ2) is 7.63. The molecule has 0 saturated carbocycles. The van der Waals surface area contributed by atoms with Gasteiger partial charge in [0.15, 0.2) is 5.13 Å². The molecule has 4 nitrogen and oxygen atoms in total. The third kappa shape index (κ3) is 3.51. The van der Waals surface area contributed by atoms with Crippen LogP contribution in [0.1, 0.15) is 27.0 Å². The molecule has 5 heteroatoms. The van der Waals surface area contributed by atoms with E-state index in [4.69, 9.17) is 10.2 Å². The summed E-state index contributed by atoms with van der Waals surface area (Å²) in [5.74, 6) is -0.134. The quantitative estimate of drug-likeness (QED) is 0.479. The average Bonchev–Trinajstić information content (AvgIpc) is 3.18. The van der Waals surface area contributed by atoms with Crippen LogP contribution in [-0.4, -0.2) is 10.9 Å². The van der Waals surface area contributed by atoms with Gasteiger partial charge >= 0.3 is 0 Å². The molecule has 1 heterocycles. The monoisotopic (exact) mass is 383 g/mol. The number of para-hydroxylation sites is 1. The molecule has 0 radical (unpaired) electrons. The smallest absolute Gasteiger partial charge is 0.260 e. The lowest BCUT2D eigenvalue weighted by atomic mass is 10.1. The summed E-state index contributed by atoms with van der Waals surface area (Å²) in [6.45, 7) is 2.45. The van der Waals surface area contributed by atoms with Crippen LogP contribution in [0.4, 0.5) is 5.13 Å². The highest BCUT2D eigenvalue weighted by Crippen LogP contribution is 2.32. The first-order chi connectivity index (χ1) is 13.7. The first-order valence-electron chi connectivity index (χ1n) is 8.88. The van der Waals surface area contributed by atoms with E-state index < -0.39 is 0 Å². The van der Waals surface area contributed by atoms with Crippen LogP contribution in [0.25, 0.3) is 10.2 Å². The fraction of sp³-hybridized carbons (Fsp3) is 0.0870. The zero-order chi connectivity index (χ0) is 19.5. The van der Waals surface area contributed by atoms with Crippen molar-refractivity contribution in [3.05, 3.63) is 95.1 Å². The largest absolute Gasteiger partial charge is 0.279 e. The van der Waals surface area contributed by atoms with E-state index in [1.807, 2.05) is 55.5 Å². The predicted molar refractivity (Wildman–Crippen MR) is 112 cm³/mol. The fourth-order valence-electron chi connectivity index (χ4n) is 3.03. The lowest BCUT2D eigenvalue weighted by molar-refractivity contribution is 0.0985. The number of thiazole rings is 1. The first kappa shape index (κ1) is 17.9. The second-order valence-corrected chi connectivity index (χ2v) is 7.49. The van der Waals surface area contributed by atoms with Crippen LogP contribution in [0.2, 0.25) is 0 Å². The molecule has 28 heavy (non-hydrogen) atoms. The van der Waals surface area contributed by atoms with E-state index in [9.17, 15) is 4.79 Å². The van der Waals surface area contributed by atoms with Crippen LogP contribution in [0, 0.1) is 18.3 Å². The molecule has 0 aliphatic rings. The molecular weight excluding hydrogens is 366 g/mol. The third-order valence-corrected chi connectivity index (χ3v) is 5.57. The van der Waals surface area contributed by atoms with Gasteiger partial charge in [0.1, 0.15) is 0 Å². The highest BCUT2D eigenvalue weighted by molar-refractivity contribution is 7.22. The molecule has 3 aromatic carbocycles. The van der Waals surface area contributed by atoms with Gasteiger partial charge in [0.05, 0.1) is 28.4 Å². The van der Waals surface area contributed by atoms with Gasteiger partial charge in [0.2, 0.25) is 0 Å². The summed E-state index contributed by atoms with van der Waals surface area (Å²) in [6.07, 6.45) is 0. The van der Waals surface area contributed by atoms with E-state index in [0.29, 0.717) is 22.8 Å². The van der Waals surface area contributed by atoms with Crippen molar-refractivity contribution in [2.75, 3.05) is 4.90 Å². The molecule has 0 aliphatic heterocycles. The van der Waals surface area contributed by atoms with E-state index in [0.717, 1.165) is 21.3 Å². The van der Waals surface area contributed by atoms with Gasteiger partial charge in [-0.25, -0.2) is 4.98 Å². The molecule has 0 spiro atoms. The average molecular weight is 383 g/mol. The van der Waals surface area contributed by atoms with E-state index >= 15 is 0 Å². The van der Waals surface area contributed by atoms with Crippen molar-refractivity contribution < 1.29 is 4.79 Å². The molecule has 0 unspecified atom stereocenters. The van der Waals surface area contributed by atoms with Crippen molar-refractivity contribution in [3.8, 4) is 6.07 Å². The maximum absolute atomic E-state index is 13.3. The topological polar surface area (TPSA) is 57.0 Å². The van der Waals surface area contributed by atoms with Crippen LogP contribution < -0.4 is 4.90 Å². The lowest BCUT2D eigenvalue weighted by Gasteiger charge is -2.20. The van der Waals surface area contributed by atoms with Gasteiger partial charge in [0, 0.05) is 5.56 Å². The predicted octanol–water partition coefficient (Wildman–Crippen LogP) is 5.32. The number of hydrogen-bond acceptors (Lipinski definition) is 4. The number of hydrogen-bond donors (Lipinski definition) is 0. The Labute approximate surface area is 167 Å². The highest BCUT2D eigenvalue weighted by Gasteiger charge is 2.22. The molecular formula is C23H17N3OS. The van der Waals surface area contributed by atoms with Crippen LogP contribution >= 0.6 is 11.3 Å². The van der Waals surface area contributed by atoms with Crippen molar-refractivity contribution in [1.82, 2.24) is 4.98 Å². The molecule has 0 N–H and O–H groups in total. The van der Waals surface area contributed by atoms with Crippen LogP contribution in [0.15, 0.2) is 72.8 Å². The molecule has 0 bridgehead atoms. The molecule has 1 amide bonds. The van der Waals surface area contributed by atoms with Crippen molar-refractivity contribution in [1.29, 1.82) is 5.26 Å². The van der Waals surface area contributed by atoms with Crippen molar-refractivity contribution >= 4 is 32.6 Å². The maximum Gasteiger partial charge on any atom is 0.260 e. The fourth-order valence-corrected chi connectivity index (χ4v) is 4.07. The SMILES string of the molecule is Cc1cccc2sc(N(Cc3ccccc3)C(=O)c3ccc(C#N)cc3)nc12. The number of fused-ring (bicyclic) bond motifs is 1. The molecule has 0 saturated heterocycles. The normalized spacial score (nSPS) is 10.6. The number of nitriles is 1. The zero-order valence-corrected chi connectivity index (χ0v) is 16.1. The molecule has 0 atom stereocenters. The summed E-state index contributed by atoms with van der Waals surface area (Å²) in [4.78, 5) is 19.8. The minimum Gasteiger partial charge on any atom is -0.279 e. The number of anilines is 1. The third-order valence-electron chi connectivity index (χ3n) is 4.53. The Morgan fingerprint density at radius 3 is 2.46 bits per heavy atom. The summed E-state index contributed by atoms with van der Waals surface area (Å²) in [5, 5.41) is 9.67. The van der Waals surface area contributed by atoms with Crippen LogP contribution in [0.3, 0.4) is 0 Å². The van der Waals surface area contributed by atoms with Crippen molar-refractivity contribution in [2.45, 2.75) is 13.5 Å². The molecule has 4 aromatic rings. The molecule has 0 fully saturated rings. The summed E-state index contributed by atoms with van der Waals surface area (Å²) < 4.78 is 1.06. The Kier molecular flexibility index (Phi) is 4.88. The minimum atomic E-state index is -0.134. The number of aryl methyl sites for hydroxylation is 1. The Balaban J connectivity index is 1.77. The second-order valence-electron chi connectivity index (χ2n) is 6.48. The Hall–Kier alpha value is -3.49. The zero-order valence-electron chi connectivity index (χ0n) is 15.3. The minimum absolute atomic E-state index is 0.134. The number of benzene rings is 3. The van der Waals surface area contributed by atoms with E-state index in [1.165, 1.54) is 11.3 Å². The van der Waals surface area contributed by atoms with Gasteiger partial charge in [0.25, 0.3) is 5.91 Å². The van der Waals surface area contributed by atoms with Crippen LogP contribution in [0.5, 0.6) is 0 Å². The lowest BCUT2D eigenvalue weighted by Crippen LogP contribution is -2.30. The van der Waals surface area contributed by atoms with Gasteiger partial charge in [-0.1, -0.05) is 53.8 Å². The Morgan fingerprint density at radius 1 is 1.04 bits per heavy atom. The first-order valence-corrected chi connectivity index (χ1v) is 9.69. The van der Waals surface area contributed by atoms with Gasteiger partial charge in [-0.05, 0) is 48.4 Å². The van der Waals surface area contributed by atoms with E-state index in [-0.39, 0.29) is 5.91 Å². The van der Waals surface area contributed by atoms with Crippen molar-refractivity contribution in [2.24, 2.45) is 0 Å². The van der Waals surface area contributed by atoms with E-state index in [2.05, 4.69) is 6.07 Å². The molecule has 4 rings (SSSR count). The molecule has 1 aromatic heterocycles. The van der Waals surface area contributed by atoms with Gasteiger partial charge in [-0.2, -0.15) is 5.26 Å². The Morgan fingerprint density at radius 2 is 1.79 bits per heavy atom. The Bertz CT molecular complexity index is 1170. The number of amides is 1. The van der Waals surface area contributed by atoms with E-state index in [1.54, 1.807) is 29.2 Å². The standard InChI is InChI=1S/C23H17N3OS/c1-16-6-5-9-20-21(16)25-23(28-20)26(15-18-7-3-2-4-8-18)22(27)19-12-10-17(14-24)11-13-19/h2-13H,15H2,1H3. The van der Waals surface area contributed by atoms with Crippen molar-refractivity contribution in [3.63, 3.8) is 0 Å². The molecule has 0 aliphatic carbocycles. The number of aromatic nitrogens is 1. The number of rotatable bonds is 4. The highest BCUT2D eigenvalue weighted by atomic mass is 32.1. The summed E-state index contributed by atoms with van der Waals surface area (Å²) in [6, 6.07) is 24.7. The number of nitrogens with zero attached hydrogens (tertiary/aromatic N) is 3. The van der Waals surface area contributed by atoms with Gasteiger partial charge < -0.3 is 0 Å². The van der Waals surface area contributed by atoms with Crippen LogP contribution in [-0.2, 0) is 6.54 Å². The summed E-state index contributed by atoms with van der Waals surface area (Å²) in [7, 11) is 0. The summed E-state index contributed by atoms with van der Waals surface area (Å²) >= 11 is 1.51. The molecule has 136 valence electrons. The number of carbonyl (C=O) groups is 1. The summed E-state index contributed by atoms with van der Waals surface area (Å²) in [5.41, 5.74) is 4.10. The van der Waals surface area contributed by atoms with Gasteiger partial charge in [-0.3, -0.25) is 9.69 Å².